The summed E-state index contributed by atoms with van der Waals surface area (Å²) in [5.41, 5.74) is 6.39. The third kappa shape index (κ3) is 5.22. The summed E-state index contributed by atoms with van der Waals surface area (Å²) in [6, 6.07) is 32.3. The fraction of sp³-hybridized carbons (Fsp3) is 0.194. The smallest absolute Gasteiger partial charge is 0.254 e. The summed E-state index contributed by atoms with van der Waals surface area (Å²) < 4.78 is 11.9. The number of hydrogen-bond donors (Lipinski definition) is 0. The summed E-state index contributed by atoms with van der Waals surface area (Å²) in [5, 5.41) is 0. The predicted molar refractivity (Wildman–Crippen MR) is 139 cm³/mol. The molecule has 0 radical (unpaired) electrons. The van der Waals surface area contributed by atoms with Gasteiger partial charge in [0, 0.05) is 24.2 Å². The average molecular weight is 464 g/mol. The van der Waals surface area contributed by atoms with Gasteiger partial charge >= 0.3 is 0 Å². The molecule has 0 N–H and O–H groups in total. The highest BCUT2D eigenvalue weighted by Crippen LogP contribution is 2.27. The molecule has 0 aliphatic carbocycles. The van der Waals surface area contributed by atoms with Crippen molar-refractivity contribution >= 4 is 5.91 Å². The maximum atomic E-state index is 13.3. The fourth-order valence-electron chi connectivity index (χ4n) is 4.51. The van der Waals surface area contributed by atoms with Crippen LogP contribution in [0.25, 0.3) is 11.1 Å². The van der Waals surface area contributed by atoms with Crippen molar-refractivity contribution in [1.29, 1.82) is 0 Å². The maximum absolute atomic E-state index is 13.3. The summed E-state index contributed by atoms with van der Waals surface area (Å²) in [6.07, 6.45) is 0.883. The van der Waals surface area contributed by atoms with E-state index in [4.69, 9.17) is 9.47 Å². The standard InChI is InChI=1S/C31H29NO3/c1-2-34-30-17-14-26(31(33)32-19-18-24-10-6-7-11-27(24)21-32)20-28(30)22-35-29-15-12-25(13-16-29)23-8-4-3-5-9-23/h3-17,20H,2,18-19,21-22H2,1H3. The van der Waals surface area contributed by atoms with E-state index in [1.165, 1.54) is 16.7 Å². The minimum absolute atomic E-state index is 0.0380. The minimum Gasteiger partial charge on any atom is -0.493 e. The molecule has 0 fully saturated rings. The fourth-order valence-corrected chi connectivity index (χ4v) is 4.51. The molecule has 5 rings (SSSR count). The van der Waals surface area contributed by atoms with Crippen LogP contribution in [0, 0.1) is 0 Å². The summed E-state index contributed by atoms with van der Waals surface area (Å²) in [5.74, 6) is 1.56. The molecule has 0 saturated heterocycles. The number of ether oxygens (including phenoxy) is 2. The Morgan fingerprint density at radius 3 is 2.29 bits per heavy atom. The Morgan fingerprint density at radius 2 is 1.51 bits per heavy atom. The molecule has 0 aromatic heterocycles. The van der Waals surface area contributed by atoms with Gasteiger partial charge in [0.05, 0.1) is 6.61 Å². The van der Waals surface area contributed by atoms with Crippen molar-refractivity contribution in [2.24, 2.45) is 0 Å². The van der Waals surface area contributed by atoms with Crippen molar-refractivity contribution < 1.29 is 14.3 Å². The minimum atomic E-state index is 0.0380. The van der Waals surface area contributed by atoms with Crippen LogP contribution in [0.2, 0.25) is 0 Å². The van der Waals surface area contributed by atoms with Crippen LogP contribution in [0.1, 0.15) is 34.0 Å². The van der Waals surface area contributed by atoms with Crippen molar-refractivity contribution in [1.82, 2.24) is 4.90 Å². The molecular weight excluding hydrogens is 434 g/mol. The SMILES string of the molecule is CCOc1ccc(C(=O)N2CCc3ccccc3C2)cc1COc1ccc(-c2ccccc2)cc1. The molecule has 0 spiro atoms. The molecule has 4 aromatic carbocycles. The number of rotatable bonds is 7. The Labute approximate surface area is 206 Å². The molecule has 35 heavy (non-hydrogen) atoms. The second-order valence-electron chi connectivity index (χ2n) is 8.68. The van der Waals surface area contributed by atoms with Gasteiger partial charge in [-0.05, 0) is 65.9 Å². The molecule has 4 nitrogen and oxygen atoms in total. The second kappa shape index (κ2) is 10.5. The highest BCUT2D eigenvalue weighted by atomic mass is 16.5. The van der Waals surface area contributed by atoms with Gasteiger partial charge in [-0.3, -0.25) is 4.79 Å². The van der Waals surface area contributed by atoms with Crippen LogP contribution < -0.4 is 9.47 Å². The highest BCUT2D eigenvalue weighted by Gasteiger charge is 2.22. The average Bonchev–Trinajstić information content (AvgIpc) is 2.93. The van der Waals surface area contributed by atoms with Gasteiger partial charge in [-0.25, -0.2) is 0 Å². The van der Waals surface area contributed by atoms with Crippen LogP contribution in [0.15, 0.2) is 97.1 Å². The molecule has 1 amide bonds. The first kappa shape index (κ1) is 22.7. The van der Waals surface area contributed by atoms with Crippen LogP contribution in [-0.2, 0) is 19.6 Å². The lowest BCUT2D eigenvalue weighted by atomic mass is 9.99. The number of carbonyl (C=O) groups is 1. The Balaban J connectivity index is 1.31. The van der Waals surface area contributed by atoms with Gasteiger partial charge in [-0.2, -0.15) is 0 Å². The summed E-state index contributed by atoms with van der Waals surface area (Å²) in [4.78, 5) is 15.2. The van der Waals surface area contributed by atoms with E-state index in [-0.39, 0.29) is 5.91 Å². The van der Waals surface area contributed by atoms with Crippen molar-refractivity contribution in [3.63, 3.8) is 0 Å². The predicted octanol–water partition coefficient (Wildman–Crippen LogP) is 6.53. The van der Waals surface area contributed by atoms with Crippen LogP contribution >= 0.6 is 0 Å². The molecular formula is C31H29NO3. The van der Waals surface area contributed by atoms with Crippen molar-refractivity contribution in [2.45, 2.75) is 26.5 Å². The number of fused-ring (bicyclic) bond motifs is 1. The molecule has 0 atom stereocenters. The third-order valence-electron chi connectivity index (χ3n) is 6.38. The molecule has 1 aliphatic heterocycles. The molecule has 0 saturated carbocycles. The number of hydrogen-bond acceptors (Lipinski definition) is 3. The molecule has 1 aliphatic rings. The van der Waals surface area contributed by atoms with E-state index in [9.17, 15) is 4.79 Å². The topological polar surface area (TPSA) is 38.8 Å². The zero-order chi connectivity index (χ0) is 24.0. The lowest BCUT2D eigenvalue weighted by Gasteiger charge is -2.29. The van der Waals surface area contributed by atoms with E-state index in [1.807, 2.05) is 66.4 Å². The van der Waals surface area contributed by atoms with Gasteiger partial charge in [0.25, 0.3) is 5.91 Å². The first-order valence-corrected chi connectivity index (χ1v) is 12.1. The molecule has 4 aromatic rings. The summed E-state index contributed by atoms with van der Waals surface area (Å²) in [7, 11) is 0. The quantitative estimate of drug-likeness (QED) is 0.313. The zero-order valence-corrected chi connectivity index (χ0v) is 19.9. The number of amides is 1. The van der Waals surface area contributed by atoms with E-state index in [0.29, 0.717) is 25.3 Å². The molecule has 1 heterocycles. The second-order valence-corrected chi connectivity index (χ2v) is 8.68. The number of benzene rings is 4. The van der Waals surface area contributed by atoms with Crippen molar-refractivity contribution in [3.8, 4) is 22.6 Å². The van der Waals surface area contributed by atoms with Gasteiger partial charge in [-0.15, -0.1) is 0 Å². The van der Waals surface area contributed by atoms with Gasteiger partial charge in [-0.1, -0.05) is 66.7 Å². The van der Waals surface area contributed by atoms with Crippen LogP contribution in [0.5, 0.6) is 11.5 Å². The maximum Gasteiger partial charge on any atom is 0.254 e. The Hall–Kier alpha value is -4.05. The lowest BCUT2D eigenvalue weighted by Crippen LogP contribution is -2.36. The molecule has 0 bridgehead atoms. The highest BCUT2D eigenvalue weighted by molar-refractivity contribution is 5.94. The monoisotopic (exact) mass is 463 g/mol. The van der Waals surface area contributed by atoms with Gasteiger partial charge in [0.1, 0.15) is 18.1 Å². The number of carbonyl (C=O) groups excluding carboxylic acids is 1. The molecule has 0 unspecified atom stereocenters. The van der Waals surface area contributed by atoms with E-state index >= 15 is 0 Å². The van der Waals surface area contributed by atoms with E-state index in [1.54, 1.807) is 0 Å². The van der Waals surface area contributed by atoms with Crippen LogP contribution in [0.4, 0.5) is 0 Å². The lowest BCUT2D eigenvalue weighted by molar-refractivity contribution is 0.0734. The Morgan fingerprint density at radius 1 is 0.800 bits per heavy atom. The summed E-state index contributed by atoms with van der Waals surface area (Å²) >= 11 is 0. The Kier molecular flexibility index (Phi) is 6.80. The molecule has 4 heteroatoms. The van der Waals surface area contributed by atoms with E-state index < -0.39 is 0 Å². The normalized spacial score (nSPS) is 12.7. The number of nitrogens with zero attached hydrogens (tertiary/aromatic N) is 1. The van der Waals surface area contributed by atoms with E-state index in [2.05, 4.69) is 42.5 Å². The van der Waals surface area contributed by atoms with Crippen LogP contribution in [0.3, 0.4) is 0 Å². The first-order valence-electron chi connectivity index (χ1n) is 12.1. The van der Waals surface area contributed by atoms with Gasteiger partial charge in [0.2, 0.25) is 0 Å². The zero-order valence-electron chi connectivity index (χ0n) is 19.9. The van der Waals surface area contributed by atoms with Crippen molar-refractivity contribution in [2.75, 3.05) is 13.2 Å². The summed E-state index contributed by atoms with van der Waals surface area (Å²) in [6.45, 7) is 4.20. The molecule has 176 valence electrons. The Bertz CT molecular complexity index is 1300. The first-order chi connectivity index (χ1) is 17.2. The van der Waals surface area contributed by atoms with Gasteiger partial charge in [0.15, 0.2) is 0 Å². The van der Waals surface area contributed by atoms with Crippen molar-refractivity contribution in [3.05, 3.63) is 119 Å². The third-order valence-corrected chi connectivity index (χ3v) is 6.38. The van der Waals surface area contributed by atoms with E-state index in [0.717, 1.165) is 35.6 Å². The largest absolute Gasteiger partial charge is 0.493 e. The van der Waals surface area contributed by atoms with Gasteiger partial charge < -0.3 is 14.4 Å². The van der Waals surface area contributed by atoms with Crippen LogP contribution in [-0.4, -0.2) is 24.0 Å².